The Kier molecular flexibility index (Phi) is 5.68. The molecule has 0 fully saturated rings. The monoisotopic (exact) mass is 331 g/mol. The Labute approximate surface area is 139 Å². The van der Waals surface area contributed by atoms with Gasteiger partial charge in [0, 0.05) is 12.3 Å². The average Bonchev–Trinajstić information content (AvgIpc) is 2.57. The lowest BCUT2D eigenvalue weighted by molar-refractivity contribution is -0.136. The van der Waals surface area contributed by atoms with Crippen LogP contribution in [0.5, 0.6) is 0 Å². The number of carbonyl (C=O) groups is 4. The molecule has 0 heterocycles. The van der Waals surface area contributed by atoms with Crippen molar-refractivity contribution in [3.8, 4) is 0 Å². The van der Waals surface area contributed by atoms with Crippen LogP contribution in [0.15, 0.2) is 24.3 Å². The minimum atomic E-state index is -1.06. The van der Waals surface area contributed by atoms with Crippen molar-refractivity contribution in [3.05, 3.63) is 35.4 Å². The van der Waals surface area contributed by atoms with Crippen molar-refractivity contribution in [3.63, 3.8) is 0 Å². The van der Waals surface area contributed by atoms with Crippen molar-refractivity contribution in [2.45, 2.75) is 38.1 Å². The van der Waals surface area contributed by atoms with Crippen LogP contribution in [-0.4, -0.2) is 29.5 Å². The molecule has 128 valence electrons. The standard InChI is InChI=1S/C17H21N3O4/c18-15(22)13(7-8-14(21)16(19)23)20-17(24)12-6-5-10-3-1-2-4-11(10)9-12/h1-4,12-13H,5-9H2,(H2,18,22)(H2,19,23)(H,20,24). The third kappa shape index (κ3) is 4.41. The summed E-state index contributed by atoms with van der Waals surface area (Å²) < 4.78 is 0. The number of nitrogens with one attached hydrogen (secondary N) is 1. The molecule has 1 aromatic carbocycles. The van der Waals surface area contributed by atoms with E-state index in [1.54, 1.807) is 0 Å². The summed E-state index contributed by atoms with van der Waals surface area (Å²) in [7, 11) is 0. The third-order valence-corrected chi connectivity index (χ3v) is 4.31. The lowest BCUT2D eigenvalue weighted by Gasteiger charge is -2.25. The summed E-state index contributed by atoms with van der Waals surface area (Å²) in [6, 6.07) is 6.95. The van der Waals surface area contributed by atoms with Gasteiger partial charge < -0.3 is 16.8 Å². The van der Waals surface area contributed by atoms with E-state index in [9.17, 15) is 19.2 Å². The van der Waals surface area contributed by atoms with Crippen molar-refractivity contribution >= 4 is 23.5 Å². The highest BCUT2D eigenvalue weighted by atomic mass is 16.2. The number of fused-ring (bicyclic) bond motifs is 1. The zero-order valence-electron chi connectivity index (χ0n) is 13.3. The van der Waals surface area contributed by atoms with E-state index < -0.39 is 23.6 Å². The molecule has 7 nitrogen and oxygen atoms in total. The smallest absolute Gasteiger partial charge is 0.284 e. The fourth-order valence-electron chi connectivity index (χ4n) is 2.90. The van der Waals surface area contributed by atoms with E-state index in [-0.39, 0.29) is 24.7 Å². The molecule has 1 aliphatic carbocycles. The second kappa shape index (κ2) is 7.72. The first kappa shape index (κ1) is 17.7. The highest BCUT2D eigenvalue weighted by Gasteiger charge is 2.28. The van der Waals surface area contributed by atoms with Gasteiger partial charge in [-0.2, -0.15) is 0 Å². The normalized spacial score (nSPS) is 17.4. The van der Waals surface area contributed by atoms with Crippen LogP contribution in [0.25, 0.3) is 0 Å². The molecule has 0 saturated carbocycles. The van der Waals surface area contributed by atoms with Gasteiger partial charge in [-0.1, -0.05) is 24.3 Å². The molecule has 3 amide bonds. The summed E-state index contributed by atoms with van der Waals surface area (Å²) in [5.41, 5.74) is 12.5. The van der Waals surface area contributed by atoms with E-state index >= 15 is 0 Å². The van der Waals surface area contributed by atoms with Gasteiger partial charge in [0.2, 0.25) is 17.6 Å². The lowest BCUT2D eigenvalue weighted by atomic mass is 9.83. The van der Waals surface area contributed by atoms with E-state index in [4.69, 9.17) is 11.5 Å². The van der Waals surface area contributed by atoms with Gasteiger partial charge in [-0.25, -0.2) is 0 Å². The minimum Gasteiger partial charge on any atom is -0.368 e. The lowest BCUT2D eigenvalue weighted by Crippen LogP contribution is -2.47. The fourth-order valence-corrected chi connectivity index (χ4v) is 2.90. The van der Waals surface area contributed by atoms with Crippen LogP contribution >= 0.6 is 0 Å². The number of primary amides is 2. The molecule has 5 N–H and O–H groups in total. The SMILES string of the molecule is NC(=O)C(=O)CCC(NC(=O)C1CCc2ccccc2C1)C(N)=O. The van der Waals surface area contributed by atoms with Crippen LogP contribution in [0.3, 0.4) is 0 Å². The molecule has 24 heavy (non-hydrogen) atoms. The molecule has 0 radical (unpaired) electrons. The van der Waals surface area contributed by atoms with Crippen LogP contribution in [0.4, 0.5) is 0 Å². The first-order valence-corrected chi connectivity index (χ1v) is 7.87. The number of rotatable bonds is 7. The minimum absolute atomic E-state index is 0.0356. The molecular weight excluding hydrogens is 310 g/mol. The summed E-state index contributed by atoms with van der Waals surface area (Å²) in [6.07, 6.45) is 1.83. The highest BCUT2D eigenvalue weighted by molar-refractivity contribution is 6.35. The third-order valence-electron chi connectivity index (χ3n) is 4.31. The quantitative estimate of drug-likeness (QED) is 0.586. The number of aryl methyl sites for hydroxylation is 1. The maximum Gasteiger partial charge on any atom is 0.284 e. The number of hydrogen-bond acceptors (Lipinski definition) is 4. The van der Waals surface area contributed by atoms with Gasteiger partial charge >= 0.3 is 0 Å². The number of nitrogens with two attached hydrogens (primary N) is 2. The second-order valence-electron chi connectivity index (χ2n) is 6.00. The molecule has 0 aliphatic heterocycles. The zero-order valence-corrected chi connectivity index (χ0v) is 13.3. The van der Waals surface area contributed by atoms with Crippen molar-refractivity contribution in [2.24, 2.45) is 17.4 Å². The summed E-state index contributed by atoms with van der Waals surface area (Å²) in [5.74, 6) is -3.10. The number of benzene rings is 1. The van der Waals surface area contributed by atoms with Crippen LogP contribution in [0.2, 0.25) is 0 Å². The molecule has 2 atom stereocenters. The second-order valence-corrected chi connectivity index (χ2v) is 6.00. The Hall–Kier alpha value is -2.70. The average molecular weight is 331 g/mol. The zero-order chi connectivity index (χ0) is 17.7. The van der Waals surface area contributed by atoms with Crippen LogP contribution < -0.4 is 16.8 Å². The molecule has 1 aliphatic rings. The van der Waals surface area contributed by atoms with Gasteiger partial charge in [0.15, 0.2) is 0 Å². The summed E-state index contributed by atoms with van der Waals surface area (Å²) >= 11 is 0. The Morgan fingerprint density at radius 3 is 2.42 bits per heavy atom. The fraction of sp³-hybridized carbons (Fsp3) is 0.412. The van der Waals surface area contributed by atoms with E-state index in [0.717, 1.165) is 12.0 Å². The summed E-state index contributed by atoms with van der Waals surface area (Å²) in [6.45, 7) is 0. The summed E-state index contributed by atoms with van der Waals surface area (Å²) in [4.78, 5) is 45.9. The van der Waals surface area contributed by atoms with Crippen molar-refractivity contribution in [1.82, 2.24) is 5.32 Å². The van der Waals surface area contributed by atoms with E-state index in [0.29, 0.717) is 12.8 Å². The topological polar surface area (TPSA) is 132 Å². The van der Waals surface area contributed by atoms with Gasteiger partial charge in [0.1, 0.15) is 6.04 Å². The van der Waals surface area contributed by atoms with Crippen LogP contribution in [-0.2, 0) is 32.0 Å². The predicted octanol–water partition coefficient (Wildman–Crippen LogP) is -0.404. The Balaban J connectivity index is 1.95. The van der Waals surface area contributed by atoms with E-state index in [1.165, 1.54) is 5.56 Å². The van der Waals surface area contributed by atoms with Crippen LogP contribution in [0.1, 0.15) is 30.4 Å². The van der Waals surface area contributed by atoms with Crippen molar-refractivity contribution < 1.29 is 19.2 Å². The molecule has 2 unspecified atom stereocenters. The van der Waals surface area contributed by atoms with Crippen molar-refractivity contribution in [2.75, 3.05) is 0 Å². The summed E-state index contributed by atoms with van der Waals surface area (Å²) in [5, 5.41) is 2.59. The van der Waals surface area contributed by atoms with Gasteiger partial charge in [0.05, 0.1) is 0 Å². The molecule has 7 heteroatoms. The van der Waals surface area contributed by atoms with Crippen molar-refractivity contribution in [1.29, 1.82) is 0 Å². The highest BCUT2D eigenvalue weighted by Crippen LogP contribution is 2.25. The maximum atomic E-state index is 12.4. The van der Waals surface area contributed by atoms with Gasteiger partial charge in [-0.05, 0) is 36.8 Å². The molecule has 1 aromatic rings. The number of carbonyl (C=O) groups excluding carboxylic acids is 4. The molecule has 0 aromatic heterocycles. The first-order chi connectivity index (χ1) is 11.4. The molecule has 0 saturated heterocycles. The van der Waals surface area contributed by atoms with E-state index in [1.807, 2.05) is 24.3 Å². The Morgan fingerprint density at radius 2 is 1.79 bits per heavy atom. The number of ketones is 1. The van der Waals surface area contributed by atoms with Gasteiger partial charge in [-0.3, -0.25) is 19.2 Å². The van der Waals surface area contributed by atoms with Gasteiger partial charge in [0.25, 0.3) is 5.91 Å². The maximum absolute atomic E-state index is 12.4. The molecular formula is C17H21N3O4. The Bertz CT molecular complexity index is 672. The molecule has 2 rings (SSSR count). The molecule has 0 bridgehead atoms. The van der Waals surface area contributed by atoms with Gasteiger partial charge in [-0.15, -0.1) is 0 Å². The Morgan fingerprint density at radius 1 is 1.12 bits per heavy atom. The number of Topliss-reactive ketones (excluding diaryl/α,β-unsaturated/α-hetero) is 1. The number of amides is 3. The van der Waals surface area contributed by atoms with E-state index in [2.05, 4.69) is 5.32 Å². The molecule has 0 spiro atoms. The predicted molar refractivity (Wildman–Crippen MR) is 86.5 cm³/mol. The largest absolute Gasteiger partial charge is 0.368 e. The number of hydrogen-bond donors (Lipinski definition) is 3. The van der Waals surface area contributed by atoms with Crippen LogP contribution in [0, 0.1) is 5.92 Å². The first-order valence-electron chi connectivity index (χ1n) is 7.87.